The number of quaternary nitrogens is 1. The molecule has 0 saturated heterocycles. The highest BCUT2D eigenvalue weighted by Crippen LogP contribution is 2.27. The fourth-order valence-electron chi connectivity index (χ4n) is 1.69. The predicted octanol–water partition coefficient (Wildman–Crippen LogP) is -0.952. The highest BCUT2D eigenvalue weighted by Gasteiger charge is 2.12. The first kappa shape index (κ1) is 19.5. The fraction of sp³-hybridized carbons (Fsp3) is 0.533. The van der Waals surface area contributed by atoms with E-state index in [1.807, 2.05) is 0 Å². The number of ether oxygens (including phenoxy) is 2. The van der Waals surface area contributed by atoms with Crippen molar-refractivity contribution in [3.05, 3.63) is 23.8 Å². The summed E-state index contributed by atoms with van der Waals surface area (Å²) in [5.41, 5.74) is 0.381. The molecular weight excluding hydrogens is 294 g/mol. The maximum Gasteiger partial charge on any atom is 0.338 e. The number of carbonyl (C=O) groups excluding carboxylic acids is 1. The van der Waals surface area contributed by atoms with Gasteiger partial charge in [-0.15, -0.1) is 0 Å². The first-order valence-electron chi connectivity index (χ1n) is 6.77. The Kier molecular flexibility index (Phi) is 8.14. The van der Waals surface area contributed by atoms with Crippen molar-refractivity contribution in [1.29, 1.82) is 0 Å². The minimum absolute atomic E-state index is 0. The van der Waals surface area contributed by atoms with Crippen LogP contribution in [0.25, 0.3) is 0 Å². The van der Waals surface area contributed by atoms with Gasteiger partial charge in [-0.3, -0.25) is 0 Å². The molecule has 0 atom stereocenters. The summed E-state index contributed by atoms with van der Waals surface area (Å²) in [4.78, 5) is 11.6. The van der Waals surface area contributed by atoms with Gasteiger partial charge in [0, 0.05) is 6.42 Å². The second kappa shape index (κ2) is 8.74. The van der Waals surface area contributed by atoms with Crippen molar-refractivity contribution in [3.8, 4) is 11.5 Å². The molecule has 0 amide bonds. The molecule has 0 aromatic heterocycles. The van der Waals surface area contributed by atoms with E-state index < -0.39 is 5.97 Å². The molecule has 0 heterocycles. The molecule has 1 rings (SSSR count). The van der Waals surface area contributed by atoms with Gasteiger partial charge < -0.3 is 31.5 Å². The van der Waals surface area contributed by atoms with E-state index in [9.17, 15) is 9.90 Å². The molecule has 0 fully saturated rings. The van der Waals surface area contributed by atoms with Crippen LogP contribution in [0.1, 0.15) is 23.7 Å². The van der Waals surface area contributed by atoms with Crippen LogP contribution in [-0.4, -0.2) is 56.5 Å². The topological polar surface area (TPSA) is 55.8 Å². The molecule has 0 aliphatic rings. The number of phenols is 1. The molecule has 6 heteroatoms. The second-order valence-corrected chi connectivity index (χ2v) is 5.62. The monoisotopic (exact) mass is 317 g/mol. The van der Waals surface area contributed by atoms with Gasteiger partial charge in [0.15, 0.2) is 11.5 Å². The average molecular weight is 318 g/mol. The molecule has 0 bridgehead atoms. The summed E-state index contributed by atoms with van der Waals surface area (Å²) in [6.07, 6.45) is 0.868. The van der Waals surface area contributed by atoms with Gasteiger partial charge in [-0.25, -0.2) is 4.79 Å². The summed E-state index contributed by atoms with van der Waals surface area (Å²) >= 11 is 0. The standard InChI is InChI=1S/C15H23NO4.ClH/c1-5-19-15(18)12-7-8-13(17)14(11-12)20-10-6-9-16(2,3)4;/h7-8,11H,5-6,9-10H2,1-4H3;1H. The fourth-order valence-corrected chi connectivity index (χ4v) is 1.69. The predicted molar refractivity (Wildman–Crippen MR) is 77.1 cm³/mol. The summed E-state index contributed by atoms with van der Waals surface area (Å²) in [7, 11) is 6.33. The van der Waals surface area contributed by atoms with Crippen LogP contribution in [0.2, 0.25) is 0 Å². The lowest BCUT2D eigenvalue weighted by Crippen LogP contribution is -3.00. The zero-order valence-electron chi connectivity index (χ0n) is 13.1. The summed E-state index contributed by atoms with van der Waals surface area (Å²) < 4.78 is 11.3. The molecule has 5 nitrogen and oxygen atoms in total. The summed E-state index contributed by atoms with van der Waals surface area (Å²) in [5.74, 6) is -0.0658. The maximum atomic E-state index is 11.6. The molecule has 1 N–H and O–H groups in total. The summed E-state index contributed by atoms with van der Waals surface area (Å²) in [5, 5.41) is 9.72. The molecule has 0 saturated carbocycles. The molecule has 1 aromatic rings. The lowest BCUT2D eigenvalue weighted by atomic mass is 10.2. The van der Waals surface area contributed by atoms with Gasteiger partial charge in [0.1, 0.15) is 0 Å². The van der Waals surface area contributed by atoms with Gasteiger partial charge in [-0.05, 0) is 25.1 Å². The smallest absolute Gasteiger partial charge is 0.338 e. The normalized spacial score (nSPS) is 10.7. The van der Waals surface area contributed by atoms with Gasteiger partial charge in [-0.1, -0.05) is 0 Å². The third-order valence-corrected chi connectivity index (χ3v) is 2.70. The van der Waals surface area contributed by atoms with Crippen molar-refractivity contribution < 1.29 is 36.3 Å². The van der Waals surface area contributed by atoms with E-state index in [0.717, 1.165) is 17.4 Å². The Hall–Kier alpha value is -1.46. The Balaban J connectivity index is 0.00000400. The molecule has 0 radical (unpaired) electrons. The summed E-state index contributed by atoms with van der Waals surface area (Å²) in [6, 6.07) is 4.48. The Labute approximate surface area is 132 Å². The molecule has 0 aliphatic carbocycles. The number of aromatic hydroxyl groups is 1. The van der Waals surface area contributed by atoms with Crippen molar-refractivity contribution in [1.82, 2.24) is 0 Å². The Morgan fingerprint density at radius 2 is 1.95 bits per heavy atom. The minimum Gasteiger partial charge on any atom is -1.00 e. The van der Waals surface area contributed by atoms with Crippen LogP contribution in [-0.2, 0) is 4.74 Å². The minimum atomic E-state index is -0.413. The zero-order chi connectivity index (χ0) is 15.2. The van der Waals surface area contributed by atoms with Crippen LogP contribution in [0, 0.1) is 0 Å². The largest absolute Gasteiger partial charge is 1.00 e. The van der Waals surface area contributed by atoms with E-state index >= 15 is 0 Å². The third kappa shape index (κ3) is 7.20. The van der Waals surface area contributed by atoms with Gasteiger partial charge in [-0.2, -0.15) is 0 Å². The summed E-state index contributed by atoms with van der Waals surface area (Å²) in [6.45, 7) is 3.54. The van der Waals surface area contributed by atoms with Crippen molar-refractivity contribution in [3.63, 3.8) is 0 Å². The molecule has 120 valence electrons. The number of phenolic OH excluding ortho intramolecular Hbond substituents is 1. The first-order valence-corrected chi connectivity index (χ1v) is 6.77. The van der Waals surface area contributed by atoms with Crippen molar-refractivity contribution >= 4 is 5.97 Å². The van der Waals surface area contributed by atoms with Gasteiger partial charge in [0.25, 0.3) is 0 Å². The van der Waals surface area contributed by atoms with E-state index in [1.165, 1.54) is 18.2 Å². The van der Waals surface area contributed by atoms with Gasteiger partial charge in [0.2, 0.25) is 0 Å². The second-order valence-electron chi connectivity index (χ2n) is 5.62. The third-order valence-electron chi connectivity index (χ3n) is 2.70. The van der Waals surface area contributed by atoms with E-state index in [4.69, 9.17) is 9.47 Å². The Bertz CT molecular complexity index is 457. The molecular formula is C15H24ClNO4. The quantitative estimate of drug-likeness (QED) is 0.400. The number of halogens is 1. The molecule has 0 unspecified atom stereocenters. The zero-order valence-corrected chi connectivity index (χ0v) is 13.8. The number of carbonyl (C=O) groups is 1. The van der Waals surface area contributed by atoms with E-state index in [-0.39, 0.29) is 18.2 Å². The van der Waals surface area contributed by atoms with Crippen molar-refractivity contribution in [2.24, 2.45) is 0 Å². The van der Waals surface area contributed by atoms with Crippen LogP contribution in [0.3, 0.4) is 0 Å². The molecule has 21 heavy (non-hydrogen) atoms. The van der Waals surface area contributed by atoms with Crippen LogP contribution in [0.5, 0.6) is 11.5 Å². The number of esters is 1. The number of benzene rings is 1. The van der Waals surface area contributed by atoms with Gasteiger partial charge in [0.05, 0.1) is 46.5 Å². The lowest BCUT2D eigenvalue weighted by Gasteiger charge is -2.23. The van der Waals surface area contributed by atoms with Crippen LogP contribution in [0.4, 0.5) is 0 Å². The van der Waals surface area contributed by atoms with Crippen molar-refractivity contribution in [2.45, 2.75) is 13.3 Å². The lowest BCUT2D eigenvalue weighted by molar-refractivity contribution is -0.870. The Morgan fingerprint density at radius 3 is 2.52 bits per heavy atom. The number of rotatable bonds is 7. The Morgan fingerprint density at radius 1 is 1.29 bits per heavy atom. The van der Waals surface area contributed by atoms with Crippen LogP contribution in [0.15, 0.2) is 18.2 Å². The number of nitrogens with zero attached hydrogens (tertiary/aromatic N) is 1. The maximum absolute atomic E-state index is 11.6. The molecule has 1 aromatic carbocycles. The van der Waals surface area contributed by atoms with E-state index in [0.29, 0.717) is 24.5 Å². The molecule has 0 spiro atoms. The van der Waals surface area contributed by atoms with Crippen LogP contribution < -0.4 is 17.1 Å². The highest BCUT2D eigenvalue weighted by atomic mass is 35.5. The van der Waals surface area contributed by atoms with E-state index in [2.05, 4.69) is 21.1 Å². The van der Waals surface area contributed by atoms with Crippen molar-refractivity contribution in [2.75, 3.05) is 40.9 Å². The molecule has 0 aliphatic heterocycles. The first-order chi connectivity index (χ1) is 9.33. The number of hydrogen-bond acceptors (Lipinski definition) is 4. The highest BCUT2D eigenvalue weighted by molar-refractivity contribution is 5.90. The van der Waals surface area contributed by atoms with Crippen LogP contribution >= 0.6 is 0 Å². The number of hydrogen-bond donors (Lipinski definition) is 1. The van der Waals surface area contributed by atoms with E-state index in [1.54, 1.807) is 6.92 Å². The van der Waals surface area contributed by atoms with Gasteiger partial charge >= 0.3 is 5.97 Å². The SMILES string of the molecule is CCOC(=O)c1ccc(O)c(OCCC[N+](C)(C)C)c1.[Cl-]. The average Bonchev–Trinajstić information content (AvgIpc) is 2.35.